The van der Waals surface area contributed by atoms with E-state index in [1.807, 2.05) is 0 Å². The maximum absolute atomic E-state index is 12.0. The quantitative estimate of drug-likeness (QED) is 0.877. The summed E-state index contributed by atoms with van der Waals surface area (Å²) in [4.78, 5) is 5.51. The predicted molar refractivity (Wildman–Crippen MR) is 58.5 cm³/mol. The molecule has 5 nitrogen and oxygen atoms in total. The average molecular weight is 266 g/mol. The summed E-state index contributed by atoms with van der Waals surface area (Å²) < 4.78 is 41.0. The van der Waals surface area contributed by atoms with Crippen molar-refractivity contribution in [2.45, 2.75) is 38.5 Å². The summed E-state index contributed by atoms with van der Waals surface area (Å²) in [6.07, 6.45) is -5.03. The summed E-state index contributed by atoms with van der Waals surface area (Å²) in [6, 6.07) is 0. The minimum atomic E-state index is -4.16. The molecule has 0 aliphatic carbocycles. The second kappa shape index (κ2) is 5.23. The fourth-order valence-corrected chi connectivity index (χ4v) is 1.21. The highest BCUT2D eigenvalue weighted by atomic mass is 19.4. The predicted octanol–water partition coefficient (Wildman–Crippen LogP) is 1.65. The normalized spacial score (nSPS) is 13.3. The number of aromatic nitrogens is 2. The molecule has 1 rings (SSSR count). The maximum atomic E-state index is 12.0. The van der Waals surface area contributed by atoms with Crippen LogP contribution < -0.4 is 5.73 Å². The van der Waals surface area contributed by atoms with Crippen LogP contribution in [0.25, 0.3) is 0 Å². The van der Waals surface area contributed by atoms with Crippen LogP contribution in [0.15, 0.2) is 4.52 Å². The van der Waals surface area contributed by atoms with Crippen molar-refractivity contribution < 1.29 is 17.7 Å². The minimum absolute atomic E-state index is 0.118. The van der Waals surface area contributed by atoms with Crippen molar-refractivity contribution in [1.29, 1.82) is 0 Å². The SMILES string of the molecule is CN(CCC(F)(F)F)Cc1nc(C(C)(C)N)no1. The number of rotatable bonds is 5. The molecule has 104 valence electrons. The molecule has 0 amide bonds. The maximum Gasteiger partial charge on any atom is 0.390 e. The Kier molecular flexibility index (Phi) is 4.33. The van der Waals surface area contributed by atoms with Gasteiger partial charge in [0.15, 0.2) is 5.82 Å². The van der Waals surface area contributed by atoms with Crippen molar-refractivity contribution >= 4 is 0 Å². The molecule has 1 heterocycles. The smallest absolute Gasteiger partial charge is 0.338 e. The third kappa shape index (κ3) is 5.01. The molecular formula is C10H17F3N4O. The lowest BCUT2D eigenvalue weighted by molar-refractivity contribution is -0.137. The third-order valence-electron chi connectivity index (χ3n) is 2.23. The molecule has 1 aromatic heterocycles. The van der Waals surface area contributed by atoms with E-state index >= 15 is 0 Å². The van der Waals surface area contributed by atoms with Gasteiger partial charge in [-0.2, -0.15) is 18.2 Å². The van der Waals surface area contributed by atoms with Gasteiger partial charge in [0.1, 0.15) is 0 Å². The van der Waals surface area contributed by atoms with E-state index in [0.717, 1.165) is 0 Å². The molecule has 0 bridgehead atoms. The van der Waals surface area contributed by atoms with Crippen LogP contribution in [-0.2, 0) is 12.1 Å². The highest BCUT2D eigenvalue weighted by Gasteiger charge is 2.27. The fraction of sp³-hybridized carbons (Fsp3) is 0.800. The molecule has 0 radical (unpaired) electrons. The molecule has 0 spiro atoms. The van der Waals surface area contributed by atoms with Gasteiger partial charge >= 0.3 is 6.18 Å². The molecule has 18 heavy (non-hydrogen) atoms. The second-order valence-electron chi connectivity index (χ2n) is 4.84. The first kappa shape index (κ1) is 14.9. The summed E-state index contributed by atoms with van der Waals surface area (Å²) >= 11 is 0. The third-order valence-corrected chi connectivity index (χ3v) is 2.23. The van der Waals surface area contributed by atoms with Crippen LogP contribution in [0.5, 0.6) is 0 Å². The van der Waals surface area contributed by atoms with Gasteiger partial charge in [0.05, 0.1) is 18.5 Å². The number of nitrogens with two attached hydrogens (primary N) is 1. The molecule has 0 fully saturated rings. The first-order valence-electron chi connectivity index (χ1n) is 5.45. The Hall–Kier alpha value is -1.15. The standard InChI is InChI=1S/C10H17F3N4O/c1-9(2,14)8-15-7(18-16-8)6-17(3)5-4-10(11,12)13/h4-6,14H2,1-3H3. The number of hydrogen-bond acceptors (Lipinski definition) is 5. The molecule has 0 unspecified atom stereocenters. The Morgan fingerprint density at radius 2 is 1.94 bits per heavy atom. The Morgan fingerprint density at radius 1 is 1.33 bits per heavy atom. The molecule has 0 aliphatic rings. The van der Waals surface area contributed by atoms with Gasteiger partial charge in [-0.1, -0.05) is 5.16 Å². The Morgan fingerprint density at radius 3 is 2.39 bits per heavy atom. The topological polar surface area (TPSA) is 68.2 Å². The van der Waals surface area contributed by atoms with E-state index in [-0.39, 0.29) is 19.0 Å². The summed E-state index contributed by atoms with van der Waals surface area (Å²) in [6.45, 7) is 3.48. The zero-order chi connectivity index (χ0) is 14.0. The van der Waals surface area contributed by atoms with Crippen LogP contribution in [0, 0.1) is 0 Å². The van der Waals surface area contributed by atoms with Gasteiger partial charge in [0.25, 0.3) is 0 Å². The van der Waals surface area contributed by atoms with Gasteiger partial charge in [-0.25, -0.2) is 0 Å². The molecule has 0 saturated heterocycles. The van der Waals surface area contributed by atoms with Crippen molar-refractivity contribution in [2.24, 2.45) is 5.73 Å². The monoisotopic (exact) mass is 266 g/mol. The Labute approximate surface area is 103 Å². The number of nitrogens with zero attached hydrogens (tertiary/aromatic N) is 3. The van der Waals surface area contributed by atoms with Crippen LogP contribution in [0.3, 0.4) is 0 Å². The summed E-state index contributed by atoms with van der Waals surface area (Å²) in [5.41, 5.74) is 5.04. The van der Waals surface area contributed by atoms with Gasteiger partial charge in [-0.3, -0.25) is 4.90 Å². The highest BCUT2D eigenvalue weighted by molar-refractivity contribution is 4.98. The van der Waals surface area contributed by atoms with E-state index in [2.05, 4.69) is 10.1 Å². The van der Waals surface area contributed by atoms with E-state index in [1.165, 1.54) is 4.90 Å². The van der Waals surface area contributed by atoms with E-state index in [0.29, 0.717) is 5.82 Å². The molecule has 0 atom stereocenters. The molecule has 2 N–H and O–H groups in total. The Balaban J connectivity index is 2.50. The zero-order valence-electron chi connectivity index (χ0n) is 10.6. The lowest BCUT2D eigenvalue weighted by Crippen LogP contribution is -2.30. The lowest BCUT2D eigenvalue weighted by Gasteiger charge is -2.15. The van der Waals surface area contributed by atoms with Crippen LogP contribution in [0.2, 0.25) is 0 Å². The first-order chi connectivity index (χ1) is 8.08. The van der Waals surface area contributed by atoms with Gasteiger partial charge in [0.2, 0.25) is 5.89 Å². The first-order valence-corrected chi connectivity index (χ1v) is 5.45. The number of alkyl halides is 3. The lowest BCUT2D eigenvalue weighted by atomic mass is 10.1. The van der Waals surface area contributed by atoms with E-state index in [9.17, 15) is 13.2 Å². The molecule has 1 aromatic rings. The van der Waals surface area contributed by atoms with E-state index in [4.69, 9.17) is 10.3 Å². The van der Waals surface area contributed by atoms with Crippen LogP contribution in [-0.4, -0.2) is 34.8 Å². The summed E-state index contributed by atoms with van der Waals surface area (Å²) in [5.74, 6) is 0.593. The van der Waals surface area contributed by atoms with Gasteiger partial charge in [-0.15, -0.1) is 0 Å². The molecular weight excluding hydrogens is 249 g/mol. The second-order valence-corrected chi connectivity index (χ2v) is 4.84. The highest BCUT2D eigenvalue weighted by Crippen LogP contribution is 2.20. The van der Waals surface area contributed by atoms with Crippen LogP contribution in [0.4, 0.5) is 13.2 Å². The zero-order valence-corrected chi connectivity index (χ0v) is 10.6. The summed E-state index contributed by atoms with van der Waals surface area (Å²) in [5, 5.41) is 3.69. The van der Waals surface area contributed by atoms with Crippen molar-refractivity contribution in [3.63, 3.8) is 0 Å². The van der Waals surface area contributed by atoms with Crippen molar-refractivity contribution in [1.82, 2.24) is 15.0 Å². The van der Waals surface area contributed by atoms with Crippen LogP contribution in [0.1, 0.15) is 32.0 Å². The molecule has 0 aromatic carbocycles. The van der Waals surface area contributed by atoms with Crippen molar-refractivity contribution in [2.75, 3.05) is 13.6 Å². The fourth-order valence-electron chi connectivity index (χ4n) is 1.21. The van der Waals surface area contributed by atoms with Crippen molar-refractivity contribution in [3.05, 3.63) is 11.7 Å². The largest absolute Gasteiger partial charge is 0.390 e. The molecule has 8 heteroatoms. The van der Waals surface area contributed by atoms with Gasteiger partial charge in [-0.05, 0) is 20.9 Å². The number of halogens is 3. The average Bonchev–Trinajstić information content (AvgIpc) is 2.61. The van der Waals surface area contributed by atoms with Gasteiger partial charge < -0.3 is 10.3 Å². The van der Waals surface area contributed by atoms with E-state index < -0.39 is 18.1 Å². The Bertz CT molecular complexity index is 383. The van der Waals surface area contributed by atoms with Crippen LogP contribution >= 0.6 is 0 Å². The molecule has 0 aliphatic heterocycles. The minimum Gasteiger partial charge on any atom is -0.338 e. The van der Waals surface area contributed by atoms with Crippen molar-refractivity contribution in [3.8, 4) is 0 Å². The number of hydrogen-bond donors (Lipinski definition) is 1. The molecule has 0 saturated carbocycles. The van der Waals surface area contributed by atoms with E-state index in [1.54, 1.807) is 20.9 Å². The van der Waals surface area contributed by atoms with Gasteiger partial charge in [0, 0.05) is 6.54 Å². The summed E-state index contributed by atoms with van der Waals surface area (Å²) in [7, 11) is 1.56.